The first kappa shape index (κ1) is 19.9. The molecule has 1 aliphatic heterocycles. The molecule has 1 saturated heterocycles. The van der Waals surface area contributed by atoms with Crippen molar-refractivity contribution in [2.45, 2.75) is 51.6 Å². The zero-order valence-electron chi connectivity index (χ0n) is 16.1. The standard InChI is InChI=1S/C23H29ClN2O/c1-18-5-2-3-7-20(18)17-26-15-13-22(14-16-26)25-23(27)8-4-6-19-9-11-21(24)12-10-19/h2-3,5,7,9-12,22H,4,6,8,13-17H2,1H3,(H,25,27). The third-order valence-corrected chi connectivity index (χ3v) is 5.64. The van der Waals surface area contributed by atoms with Crippen LogP contribution in [0.1, 0.15) is 42.4 Å². The lowest BCUT2D eigenvalue weighted by Crippen LogP contribution is -2.44. The summed E-state index contributed by atoms with van der Waals surface area (Å²) in [5.74, 6) is 0.182. The van der Waals surface area contributed by atoms with Crippen LogP contribution in [-0.2, 0) is 17.8 Å². The van der Waals surface area contributed by atoms with Crippen LogP contribution < -0.4 is 5.32 Å². The van der Waals surface area contributed by atoms with Crippen molar-refractivity contribution in [3.8, 4) is 0 Å². The summed E-state index contributed by atoms with van der Waals surface area (Å²) in [6, 6.07) is 16.8. The molecule has 1 heterocycles. The molecule has 0 aromatic heterocycles. The van der Waals surface area contributed by atoms with Crippen LogP contribution in [0.2, 0.25) is 5.02 Å². The van der Waals surface area contributed by atoms with Crippen molar-refractivity contribution >= 4 is 17.5 Å². The van der Waals surface area contributed by atoms with Crippen molar-refractivity contribution in [2.75, 3.05) is 13.1 Å². The van der Waals surface area contributed by atoms with Gasteiger partial charge in [-0.3, -0.25) is 9.69 Å². The van der Waals surface area contributed by atoms with Gasteiger partial charge in [0.05, 0.1) is 0 Å². The number of hydrogen-bond acceptors (Lipinski definition) is 2. The van der Waals surface area contributed by atoms with Gasteiger partial charge >= 0.3 is 0 Å². The number of aryl methyl sites for hydroxylation is 2. The first-order valence-electron chi connectivity index (χ1n) is 9.91. The van der Waals surface area contributed by atoms with Gasteiger partial charge in [0.25, 0.3) is 0 Å². The minimum absolute atomic E-state index is 0.182. The van der Waals surface area contributed by atoms with Crippen molar-refractivity contribution < 1.29 is 4.79 Å². The van der Waals surface area contributed by atoms with Crippen molar-refractivity contribution in [1.82, 2.24) is 10.2 Å². The topological polar surface area (TPSA) is 32.3 Å². The molecule has 144 valence electrons. The maximum absolute atomic E-state index is 12.2. The van der Waals surface area contributed by atoms with Gasteiger partial charge in [-0.1, -0.05) is 48.0 Å². The Hall–Kier alpha value is -1.84. The fourth-order valence-corrected chi connectivity index (χ4v) is 3.79. The smallest absolute Gasteiger partial charge is 0.220 e. The number of likely N-dealkylation sites (tertiary alicyclic amines) is 1. The average molecular weight is 385 g/mol. The maximum atomic E-state index is 12.2. The van der Waals surface area contributed by atoms with Crippen molar-refractivity contribution in [3.05, 3.63) is 70.2 Å². The number of amides is 1. The number of hydrogen-bond donors (Lipinski definition) is 1. The van der Waals surface area contributed by atoms with Crippen LogP contribution in [0.25, 0.3) is 0 Å². The number of carbonyl (C=O) groups excluding carboxylic acids is 1. The van der Waals surface area contributed by atoms with E-state index >= 15 is 0 Å². The minimum Gasteiger partial charge on any atom is -0.353 e. The molecule has 27 heavy (non-hydrogen) atoms. The summed E-state index contributed by atoms with van der Waals surface area (Å²) in [5, 5.41) is 3.98. The van der Waals surface area contributed by atoms with E-state index in [1.807, 2.05) is 24.3 Å². The lowest BCUT2D eigenvalue weighted by Gasteiger charge is -2.32. The summed E-state index contributed by atoms with van der Waals surface area (Å²) >= 11 is 5.90. The van der Waals surface area contributed by atoms with Gasteiger partial charge in [-0.2, -0.15) is 0 Å². The Labute approximate surface area is 167 Å². The molecule has 1 aliphatic rings. The van der Waals surface area contributed by atoms with E-state index in [0.717, 1.165) is 50.3 Å². The van der Waals surface area contributed by atoms with Crippen molar-refractivity contribution in [1.29, 1.82) is 0 Å². The molecule has 2 aromatic rings. The van der Waals surface area contributed by atoms with Gasteiger partial charge in [0, 0.05) is 37.1 Å². The molecule has 0 atom stereocenters. The predicted octanol–water partition coefficient (Wildman–Crippen LogP) is 4.75. The minimum atomic E-state index is 0.182. The van der Waals surface area contributed by atoms with Crippen LogP contribution in [0.4, 0.5) is 0 Å². The normalized spacial score (nSPS) is 15.6. The molecule has 0 spiro atoms. The Balaban J connectivity index is 1.34. The maximum Gasteiger partial charge on any atom is 0.220 e. The molecule has 1 amide bonds. The van der Waals surface area contributed by atoms with E-state index in [1.54, 1.807) is 0 Å². The average Bonchev–Trinajstić information content (AvgIpc) is 2.67. The van der Waals surface area contributed by atoms with E-state index < -0.39 is 0 Å². The SMILES string of the molecule is Cc1ccccc1CN1CCC(NC(=O)CCCc2ccc(Cl)cc2)CC1. The zero-order valence-corrected chi connectivity index (χ0v) is 16.8. The fourth-order valence-electron chi connectivity index (χ4n) is 3.67. The number of nitrogens with zero attached hydrogens (tertiary/aromatic N) is 1. The van der Waals surface area contributed by atoms with E-state index in [4.69, 9.17) is 11.6 Å². The molecular formula is C23H29ClN2O. The molecule has 0 radical (unpaired) electrons. The van der Waals surface area contributed by atoms with Crippen LogP contribution >= 0.6 is 11.6 Å². The highest BCUT2D eigenvalue weighted by atomic mass is 35.5. The Morgan fingerprint density at radius 3 is 2.52 bits per heavy atom. The second-order valence-corrected chi connectivity index (χ2v) is 7.96. The van der Waals surface area contributed by atoms with Crippen LogP contribution in [-0.4, -0.2) is 29.9 Å². The summed E-state index contributed by atoms with van der Waals surface area (Å²) in [7, 11) is 0. The summed E-state index contributed by atoms with van der Waals surface area (Å²) in [6.07, 6.45) is 4.45. The fraction of sp³-hybridized carbons (Fsp3) is 0.435. The molecule has 4 heteroatoms. The van der Waals surface area contributed by atoms with Crippen molar-refractivity contribution in [2.24, 2.45) is 0 Å². The molecule has 0 bridgehead atoms. The Morgan fingerprint density at radius 2 is 1.81 bits per heavy atom. The molecular weight excluding hydrogens is 356 g/mol. The quantitative estimate of drug-likeness (QED) is 0.746. The first-order chi connectivity index (χ1) is 13.1. The largest absolute Gasteiger partial charge is 0.353 e. The van der Waals surface area contributed by atoms with Gasteiger partial charge in [0.15, 0.2) is 0 Å². The number of piperidine rings is 1. The van der Waals surface area contributed by atoms with E-state index in [2.05, 4.69) is 41.4 Å². The number of rotatable bonds is 7. The second kappa shape index (κ2) is 9.91. The Kier molecular flexibility index (Phi) is 7.31. The summed E-state index contributed by atoms with van der Waals surface area (Å²) < 4.78 is 0. The molecule has 1 N–H and O–H groups in total. The monoisotopic (exact) mass is 384 g/mol. The summed E-state index contributed by atoms with van der Waals surface area (Å²) in [6.45, 7) is 5.27. The third-order valence-electron chi connectivity index (χ3n) is 5.39. The molecule has 0 saturated carbocycles. The Morgan fingerprint density at radius 1 is 1.11 bits per heavy atom. The summed E-state index contributed by atoms with van der Waals surface area (Å²) in [4.78, 5) is 14.7. The van der Waals surface area contributed by atoms with Crippen LogP contribution in [0.5, 0.6) is 0 Å². The highest BCUT2D eigenvalue weighted by Crippen LogP contribution is 2.16. The molecule has 0 aliphatic carbocycles. The lowest BCUT2D eigenvalue weighted by atomic mass is 10.0. The summed E-state index contributed by atoms with van der Waals surface area (Å²) in [5.41, 5.74) is 3.99. The highest BCUT2D eigenvalue weighted by Gasteiger charge is 2.20. The lowest BCUT2D eigenvalue weighted by molar-refractivity contribution is -0.122. The van der Waals surface area contributed by atoms with Gasteiger partial charge in [0.1, 0.15) is 0 Å². The van der Waals surface area contributed by atoms with E-state index in [9.17, 15) is 4.79 Å². The van der Waals surface area contributed by atoms with Gasteiger partial charge in [-0.25, -0.2) is 0 Å². The first-order valence-corrected chi connectivity index (χ1v) is 10.3. The highest BCUT2D eigenvalue weighted by molar-refractivity contribution is 6.30. The molecule has 3 rings (SSSR count). The van der Waals surface area contributed by atoms with Crippen LogP contribution in [0.15, 0.2) is 48.5 Å². The third kappa shape index (κ3) is 6.37. The zero-order chi connectivity index (χ0) is 19.1. The van der Waals surface area contributed by atoms with Gasteiger partial charge in [0.2, 0.25) is 5.91 Å². The van der Waals surface area contributed by atoms with Crippen LogP contribution in [0.3, 0.4) is 0 Å². The van der Waals surface area contributed by atoms with Gasteiger partial charge < -0.3 is 5.32 Å². The predicted molar refractivity (Wildman–Crippen MR) is 112 cm³/mol. The Bertz CT molecular complexity index is 736. The number of carbonyl (C=O) groups is 1. The molecule has 3 nitrogen and oxygen atoms in total. The van der Waals surface area contributed by atoms with Crippen LogP contribution in [0, 0.1) is 6.92 Å². The van der Waals surface area contributed by atoms with E-state index in [0.29, 0.717) is 12.5 Å². The molecule has 0 unspecified atom stereocenters. The number of benzene rings is 2. The van der Waals surface area contributed by atoms with E-state index in [1.165, 1.54) is 16.7 Å². The van der Waals surface area contributed by atoms with Gasteiger partial charge in [-0.15, -0.1) is 0 Å². The molecule has 2 aromatic carbocycles. The number of halogens is 1. The second-order valence-electron chi connectivity index (χ2n) is 7.52. The number of nitrogens with one attached hydrogen (secondary N) is 1. The molecule has 1 fully saturated rings. The van der Waals surface area contributed by atoms with Crippen molar-refractivity contribution in [3.63, 3.8) is 0 Å². The van der Waals surface area contributed by atoms with E-state index in [-0.39, 0.29) is 5.91 Å². The van der Waals surface area contributed by atoms with Gasteiger partial charge in [-0.05, 0) is 61.4 Å².